The third kappa shape index (κ3) is 2.69. The third-order valence-electron chi connectivity index (χ3n) is 3.07. The number of rotatable bonds is 3. The predicted molar refractivity (Wildman–Crippen MR) is 74.5 cm³/mol. The Labute approximate surface area is 117 Å². The summed E-state index contributed by atoms with van der Waals surface area (Å²) < 4.78 is 11.4. The van der Waals surface area contributed by atoms with Gasteiger partial charge in [-0.25, -0.2) is 0 Å². The summed E-state index contributed by atoms with van der Waals surface area (Å²) >= 11 is 6.20. The van der Waals surface area contributed by atoms with E-state index < -0.39 is 0 Å². The van der Waals surface area contributed by atoms with Crippen LogP contribution in [0, 0.1) is 0 Å². The van der Waals surface area contributed by atoms with Gasteiger partial charge in [0.05, 0.1) is 24.8 Å². The second-order valence-corrected chi connectivity index (χ2v) is 5.22. The number of nitrogens with two attached hydrogens (primary N) is 1. The Bertz CT molecular complexity index is 500. The average Bonchev–Trinajstić information content (AvgIpc) is 2.63. The molecule has 5 heteroatoms. The van der Waals surface area contributed by atoms with Gasteiger partial charge in [0.2, 0.25) is 0 Å². The lowest BCUT2D eigenvalue weighted by Gasteiger charge is -2.19. The van der Waals surface area contributed by atoms with Crippen LogP contribution >= 0.6 is 11.6 Å². The van der Waals surface area contributed by atoms with Crippen LogP contribution in [0.5, 0.6) is 11.5 Å². The first-order chi connectivity index (χ1) is 9.06. The number of hydrogen-bond acceptors (Lipinski definition) is 4. The largest absolute Gasteiger partial charge is 0.489 e. The smallest absolute Gasteiger partial charge is 0.180 e. The molecule has 1 aromatic rings. The highest BCUT2D eigenvalue weighted by Gasteiger charge is 2.26. The van der Waals surface area contributed by atoms with Crippen LogP contribution in [0.15, 0.2) is 6.07 Å². The number of Topliss-reactive ketones (excluding diaryl/α,β-unsaturated/α-hetero) is 1. The summed E-state index contributed by atoms with van der Waals surface area (Å²) in [6.07, 6.45) is 0.794. The number of hydrogen-bond donors (Lipinski definition) is 1. The first-order valence-corrected chi connectivity index (χ1v) is 6.79. The first-order valence-electron chi connectivity index (χ1n) is 6.41. The Hall–Kier alpha value is -1.26. The molecule has 0 spiro atoms. The summed E-state index contributed by atoms with van der Waals surface area (Å²) in [7, 11) is 0. The molecule has 0 aromatic heterocycles. The Morgan fingerprint density at radius 2 is 2.00 bits per heavy atom. The monoisotopic (exact) mass is 283 g/mol. The molecule has 0 atom stereocenters. The second-order valence-electron chi connectivity index (χ2n) is 4.81. The highest BCUT2D eigenvalue weighted by atomic mass is 35.5. The van der Waals surface area contributed by atoms with Gasteiger partial charge in [0, 0.05) is 17.5 Å². The van der Waals surface area contributed by atoms with Crippen LogP contribution in [0.4, 0.5) is 0 Å². The number of fused-ring (bicyclic) bond motifs is 1. The predicted octanol–water partition coefficient (Wildman–Crippen LogP) is 2.77. The fourth-order valence-electron chi connectivity index (χ4n) is 2.22. The van der Waals surface area contributed by atoms with Crippen LogP contribution in [0.3, 0.4) is 0 Å². The first kappa shape index (κ1) is 14.2. The van der Waals surface area contributed by atoms with E-state index in [0.717, 1.165) is 12.0 Å². The van der Waals surface area contributed by atoms with Crippen LogP contribution in [-0.2, 0) is 0 Å². The molecule has 0 unspecified atom stereocenters. The zero-order valence-electron chi connectivity index (χ0n) is 11.2. The van der Waals surface area contributed by atoms with Gasteiger partial charge in [0.1, 0.15) is 0 Å². The van der Waals surface area contributed by atoms with E-state index in [4.69, 9.17) is 26.8 Å². The molecule has 0 fully saturated rings. The van der Waals surface area contributed by atoms with Crippen LogP contribution in [0.25, 0.3) is 0 Å². The lowest BCUT2D eigenvalue weighted by Crippen LogP contribution is -2.17. The minimum Gasteiger partial charge on any atom is -0.489 e. The van der Waals surface area contributed by atoms with Gasteiger partial charge in [0.15, 0.2) is 17.3 Å². The summed E-state index contributed by atoms with van der Waals surface area (Å²) in [6.45, 7) is 5.09. The summed E-state index contributed by atoms with van der Waals surface area (Å²) in [5, 5.41) is 0.401. The van der Waals surface area contributed by atoms with Crippen molar-refractivity contribution >= 4 is 17.4 Å². The second kappa shape index (κ2) is 5.80. The molecule has 0 saturated heterocycles. The van der Waals surface area contributed by atoms with E-state index in [9.17, 15) is 4.79 Å². The van der Waals surface area contributed by atoms with Crippen molar-refractivity contribution in [1.29, 1.82) is 0 Å². The number of ketones is 1. The van der Waals surface area contributed by atoms with Gasteiger partial charge in [-0.3, -0.25) is 4.79 Å². The maximum atomic E-state index is 12.0. The van der Waals surface area contributed by atoms with Crippen molar-refractivity contribution in [3.05, 3.63) is 22.2 Å². The lowest BCUT2D eigenvalue weighted by atomic mass is 9.93. The molecule has 19 heavy (non-hydrogen) atoms. The molecular weight excluding hydrogens is 266 g/mol. The highest BCUT2D eigenvalue weighted by molar-refractivity contribution is 6.33. The molecular formula is C14H18ClNO3. The van der Waals surface area contributed by atoms with Crippen molar-refractivity contribution in [2.24, 2.45) is 5.73 Å². The molecule has 1 aromatic carbocycles. The zero-order valence-corrected chi connectivity index (χ0v) is 11.9. The molecule has 0 bridgehead atoms. The van der Waals surface area contributed by atoms with Gasteiger partial charge < -0.3 is 15.2 Å². The Morgan fingerprint density at radius 3 is 2.58 bits per heavy atom. The van der Waals surface area contributed by atoms with Crippen molar-refractivity contribution in [2.75, 3.05) is 19.8 Å². The average molecular weight is 284 g/mol. The normalized spacial score (nSPS) is 14.4. The molecule has 0 amide bonds. The Balaban J connectivity index is 2.67. The van der Waals surface area contributed by atoms with Crippen molar-refractivity contribution in [3.63, 3.8) is 0 Å². The molecule has 0 aliphatic carbocycles. The van der Waals surface area contributed by atoms with E-state index in [1.807, 2.05) is 13.8 Å². The number of carbonyl (C=O) groups is 1. The molecule has 0 radical (unpaired) electrons. The SMILES string of the molecule is CC(C)c1c(C(=O)CN)cc(Cl)c2c1OCCCO2. The molecule has 2 rings (SSSR count). The van der Waals surface area contributed by atoms with Crippen LogP contribution in [0.1, 0.15) is 42.1 Å². The fourth-order valence-corrected chi connectivity index (χ4v) is 2.47. The number of benzene rings is 1. The lowest BCUT2D eigenvalue weighted by molar-refractivity contribution is 0.0999. The molecule has 104 valence electrons. The van der Waals surface area contributed by atoms with Crippen LogP contribution in [-0.4, -0.2) is 25.5 Å². The summed E-state index contributed by atoms with van der Waals surface area (Å²) in [6, 6.07) is 1.64. The third-order valence-corrected chi connectivity index (χ3v) is 3.35. The van der Waals surface area contributed by atoms with Crippen LogP contribution < -0.4 is 15.2 Å². The number of ether oxygens (including phenoxy) is 2. The van der Waals surface area contributed by atoms with E-state index in [2.05, 4.69) is 0 Å². The molecule has 0 saturated carbocycles. The summed E-state index contributed by atoms with van der Waals surface area (Å²) in [5.74, 6) is 1.12. The van der Waals surface area contributed by atoms with Crippen LogP contribution in [0.2, 0.25) is 5.02 Å². The molecule has 1 aliphatic rings. The minimum atomic E-state index is -0.138. The van der Waals surface area contributed by atoms with Crippen molar-refractivity contribution in [3.8, 4) is 11.5 Å². The standard InChI is InChI=1S/C14H18ClNO3/c1-8(2)12-9(11(17)7-16)6-10(15)13-14(12)19-5-3-4-18-13/h6,8H,3-5,7,16H2,1-2H3. The van der Waals surface area contributed by atoms with Gasteiger partial charge >= 0.3 is 0 Å². The Morgan fingerprint density at radius 1 is 1.37 bits per heavy atom. The van der Waals surface area contributed by atoms with E-state index in [1.54, 1.807) is 6.07 Å². The topological polar surface area (TPSA) is 61.6 Å². The summed E-state index contributed by atoms with van der Waals surface area (Å²) in [5.41, 5.74) is 6.83. The number of halogens is 1. The van der Waals surface area contributed by atoms with E-state index in [1.165, 1.54) is 0 Å². The Kier molecular flexibility index (Phi) is 4.32. The molecule has 4 nitrogen and oxygen atoms in total. The summed E-state index contributed by atoms with van der Waals surface area (Å²) in [4.78, 5) is 12.0. The minimum absolute atomic E-state index is 0.0459. The van der Waals surface area contributed by atoms with Crippen molar-refractivity contribution < 1.29 is 14.3 Å². The number of carbonyl (C=O) groups excluding carboxylic acids is 1. The van der Waals surface area contributed by atoms with Crippen molar-refractivity contribution in [1.82, 2.24) is 0 Å². The quantitative estimate of drug-likeness (QED) is 0.867. The molecule has 2 N–H and O–H groups in total. The van der Waals surface area contributed by atoms with Gasteiger partial charge in [-0.1, -0.05) is 25.4 Å². The van der Waals surface area contributed by atoms with Gasteiger partial charge in [-0.05, 0) is 12.0 Å². The molecule has 1 heterocycles. The maximum Gasteiger partial charge on any atom is 0.180 e. The fraction of sp³-hybridized carbons (Fsp3) is 0.500. The maximum absolute atomic E-state index is 12.0. The van der Waals surface area contributed by atoms with Gasteiger partial charge in [-0.15, -0.1) is 0 Å². The van der Waals surface area contributed by atoms with E-state index >= 15 is 0 Å². The van der Waals surface area contributed by atoms with E-state index in [-0.39, 0.29) is 18.2 Å². The van der Waals surface area contributed by atoms with E-state index in [0.29, 0.717) is 35.3 Å². The highest BCUT2D eigenvalue weighted by Crippen LogP contribution is 2.44. The van der Waals surface area contributed by atoms with Gasteiger partial charge in [-0.2, -0.15) is 0 Å². The van der Waals surface area contributed by atoms with Gasteiger partial charge in [0.25, 0.3) is 0 Å². The van der Waals surface area contributed by atoms with Crippen molar-refractivity contribution in [2.45, 2.75) is 26.2 Å². The molecule has 1 aliphatic heterocycles. The zero-order chi connectivity index (χ0) is 14.0.